The van der Waals surface area contributed by atoms with E-state index in [2.05, 4.69) is 6.92 Å². The maximum Gasteiger partial charge on any atom is 0.312 e. The number of rotatable bonds is 2. The van der Waals surface area contributed by atoms with Gasteiger partial charge in [0.25, 0.3) is 0 Å². The minimum atomic E-state index is -1.15. The van der Waals surface area contributed by atoms with Crippen LogP contribution < -0.4 is 14.4 Å². The summed E-state index contributed by atoms with van der Waals surface area (Å²) in [4.78, 5) is 2.02. The highest BCUT2D eigenvalue weighted by molar-refractivity contribution is 5.61. The van der Waals surface area contributed by atoms with Gasteiger partial charge in [0, 0.05) is 36.8 Å². The van der Waals surface area contributed by atoms with Gasteiger partial charge in [-0.2, -0.15) is 0 Å². The molecule has 0 N–H and O–H groups in total. The zero-order valence-electron chi connectivity index (χ0n) is 15.1. The Balaban J connectivity index is 1.48. The number of nitrogens with zero attached hydrogens (tertiary/aromatic N) is 1. The third-order valence-corrected chi connectivity index (χ3v) is 5.01. The quantitative estimate of drug-likeness (QED) is 0.696. The number of anilines is 1. The van der Waals surface area contributed by atoms with E-state index in [1.54, 1.807) is 0 Å². The summed E-state index contributed by atoms with van der Waals surface area (Å²) in [5.41, 5.74) is 1.74. The minimum absolute atomic E-state index is 0.0723. The van der Waals surface area contributed by atoms with E-state index in [9.17, 15) is 0 Å². The molecule has 4 heterocycles. The van der Waals surface area contributed by atoms with E-state index in [-0.39, 0.29) is 5.41 Å². The van der Waals surface area contributed by atoms with Crippen LogP contribution in [0.3, 0.4) is 0 Å². The van der Waals surface area contributed by atoms with Crippen LogP contribution in [0.1, 0.15) is 12.5 Å². The first kappa shape index (κ1) is 15.9. The Hall–Kier alpha value is -2.28. The van der Waals surface area contributed by atoms with Crippen LogP contribution in [0.5, 0.6) is 23.0 Å². The highest BCUT2D eigenvalue weighted by atomic mass is 16.9. The van der Waals surface area contributed by atoms with Crippen molar-refractivity contribution >= 4 is 5.69 Å². The molecule has 3 fully saturated rings. The Labute approximate surface area is 152 Å². The number of hydrogen-bond donors (Lipinski definition) is 0. The number of ether oxygens (including phenoxy) is 5. The maximum absolute atomic E-state index is 6.10. The van der Waals surface area contributed by atoms with Crippen LogP contribution in [0.2, 0.25) is 0 Å². The average molecular weight is 355 g/mol. The molecule has 0 aliphatic carbocycles. The van der Waals surface area contributed by atoms with Gasteiger partial charge in [-0.15, -0.1) is 0 Å². The molecule has 4 aliphatic heterocycles. The summed E-state index contributed by atoms with van der Waals surface area (Å²) in [6, 6.07) is 11.5. The topological polar surface area (TPSA) is 49.4 Å². The van der Waals surface area contributed by atoms with Crippen molar-refractivity contribution in [2.24, 2.45) is 5.41 Å². The fourth-order valence-corrected chi connectivity index (χ4v) is 3.35. The standard InChI is InChI=1S/C20H21NO5/c1-19-10-22-20(23-11-19,24-12-19)13-4-6-15-17(8-13)26-18-9-14(21(2)3)5-7-16(18)25-15/h4-9H,10-12H2,1-3H3. The molecule has 0 aromatic heterocycles. The molecule has 0 radical (unpaired) electrons. The van der Waals surface area contributed by atoms with Crippen molar-refractivity contribution in [3.63, 3.8) is 0 Å². The minimum Gasteiger partial charge on any atom is -0.450 e. The number of benzene rings is 2. The molecule has 0 unspecified atom stereocenters. The maximum atomic E-state index is 6.10. The zero-order chi connectivity index (χ0) is 17.9. The SMILES string of the molecule is CN(C)c1ccc2c(c1)Oc1cc(C34OCC(C)(CO3)CO4)ccc1O2. The predicted molar refractivity (Wildman–Crippen MR) is 95.0 cm³/mol. The lowest BCUT2D eigenvalue weighted by atomic mass is 9.91. The average Bonchev–Trinajstić information content (AvgIpc) is 2.66. The van der Waals surface area contributed by atoms with Gasteiger partial charge in [-0.3, -0.25) is 0 Å². The van der Waals surface area contributed by atoms with E-state index in [0.717, 1.165) is 11.3 Å². The molecule has 0 amide bonds. The molecule has 4 aliphatic rings. The van der Waals surface area contributed by atoms with Crippen molar-refractivity contribution in [1.29, 1.82) is 0 Å². The Morgan fingerprint density at radius 3 is 2.00 bits per heavy atom. The summed E-state index contributed by atoms with van der Waals surface area (Å²) < 4.78 is 29.8. The smallest absolute Gasteiger partial charge is 0.312 e. The molecule has 2 bridgehead atoms. The third kappa shape index (κ3) is 2.37. The molecular weight excluding hydrogens is 334 g/mol. The van der Waals surface area contributed by atoms with Gasteiger partial charge in [0.15, 0.2) is 23.0 Å². The molecule has 3 saturated heterocycles. The van der Waals surface area contributed by atoms with Crippen molar-refractivity contribution in [3.8, 4) is 23.0 Å². The van der Waals surface area contributed by atoms with E-state index in [1.165, 1.54) is 0 Å². The lowest BCUT2D eigenvalue weighted by molar-refractivity contribution is -0.477. The van der Waals surface area contributed by atoms with Gasteiger partial charge in [0.2, 0.25) is 0 Å². The molecule has 0 atom stereocenters. The largest absolute Gasteiger partial charge is 0.450 e. The summed E-state index contributed by atoms with van der Waals surface area (Å²) in [5.74, 6) is 1.51. The van der Waals surface area contributed by atoms with Crippen molar-refractivity contribution in [2.45, 2.75) is 12.9 Å². The second kappa shape index (κ2) is 5.36. The predicted octanol–water partition coefficient (Wildman–Crippen LogP) is 3.84. The molecule has 136 valence electrons. The Bertz CT molecular complexity index is 854. The van der Waals surface area contributed by atoms with E-state index in [1.807, 2.05) is 55.4 Å². The van der Waals surface area contributed by atoms with Crippen LogP contribution >= 0.6 is 0 Å². The summed E-state index contributed by atoms with van der Waals surface area (Å²) in [6.45, 7) is 3.92. The van der Waals surface area contributed by atoms with Gasteiger partial charge in [0.1, 0.15) is 0 Å². The third-order valence-electron chi connectivity index (χ3n) is 5.01. The van der Waals surface area contributed by atoms with E-state index < -0.39 is 5.97 Å². The number of fused-ring (bicyclic) bond motifs is 5. The first-order valence-corrected chi connectivity index (χ1v) is 8.70. The highest BCUT2D eigenvalue weighted by Crippen LogP contribution is 2.50. The summed E-state index contributed by atoms with van der Waals surface area (Å²) in [6.07, 6.45) is 0. The summed E-state index contributed by atoms with van der Waals surface area (Å²) >= 11 is 0. The van der Waals surface area contributed by atoms with Crippen molar-refractivity contribution in [3.05, 3.63) is 42.0 Å². The van der Waals surface area contributed by atoms with Crippen LogP contribution in [0.4, 0.5) is 5.69 Å². The summed E-state index contributed by atoms with van der Waals surface area (Å²) in [7, 11) is 3.98. The van der Waals surface area contributed by atoms with Gasteiger partial charge in [-0.1, -0.05) is 6.92 Å². The van der Waals surface area contributed by atoms with Crippen LogP contribution in [-0.2, 0) is 20.2 Å². The van der Waals surface area contributed by atoms with Crippen LogP contribution in [0, 0.1) is 5.41 Å². The Kier molecular flexibility index (Phi) is 3.28. The highest BCUT2D eigenvalue weighted by Gasteiger charge is 2.51. The molecule has 0 spiro atoms. The second-order valence-electron chi connectivity index (χ2n) is 7.62. The first-order chi connectivity index (χ1) is 12.5. The van der Waals surface area contributed by atoms with Crippen molar-refractivity contribution < 1.29 is 23.7 Å². The van der Waals surface area contributed by atoms with Gasteiger partial charge in [0.05, 0.1) is 19.8 Å². The molecular formula is C20H21NO5. The normalized spacial score (nSPS) is 28.6. The molecule has 26 heavy (non-hydrogen) atoms. The fourth-order valence-electron chi connectivity index (χ4n) is 3.35. The fraction of sp³-hybridized carbons (Fsp3) is 0.400. The molecule has 6 nitrogen and oxygen atoms in total. The molecule has 6 heteroatoms. The lowest BCUT2D eigenvalue weighted by Gasteiger charge is -2.50. The van der Waals surface area contributed by atoms with Crippen molar-refractivity contribution in [2.75, 3.05) is 38.8 Å². The number of hydrogen-bond acceptors (Lipinski definition) is 6. The molecule has 2 aromatic rings. The van der Waals surface area contributed by atoms with Gasteiger partial charge in [-0.25, -0.2) is 0 Å². The van der Waals surface area contributed by atoms with Crippen LogP contribution in [0.25, 0.3) is 0 Å². The van der Waals surface area contributed by atoms with Gasteiger partial charge < -0.3 is 28.6 Å². The molecule has 2 aromatic carbocycles. The van der Waals surface area contributed by atoms with Crippen LogP contribution in [-0.4, -0.2) is 33.9 Å². The van der Waals surface area contributed by atoms with E-state index >= 15 is 0 Å². The van der Waals surface area contributed by atoms with Crippen molar-refractivity contribution in [1.82, 2.24) is 0 Å². The van der Waals surface area contributed by atoms with E-state index in [4.69, 9.17) is 23.7 Å². The lowest BCUT2D eigenvalue weighted by Crippen LogP contribution is -2.57. The monoisotopic (exact) mass is 355 g/mol. The zero-order valence-corrected chi connectivity index (χ0v) is 15.1. The molecule has 0 saturated carbocycles. The van der Waals surface area contributed by atoms with Crippen LogP contribution in [0.15, 0.2) is 36.4 Å². The molecule has 6 rings (SSSR count). The Morgan fingerprint density at radius 2 is 1.35 bits per heavy atom. The van der Waals surface area contributed by atoms with Gasteiger partial charge in [-0.05, 0) is 30.3 Å². The van der Waals surface area contributed by atoms with Gasteiger partial charge >= 0.3 is 5.97 Å². The van der Waals surface area contributed by atoms with E-state index in [0.29, 0.717) is 42.8 Å². The first-order valence-electron chi connectivity index (χ1n) is 8.70. The second-order valence-corrected chi connectivity index (χ2v) is 7.62. The Morgan fingerprint density at radius 1 is 0.769 bits per heavy atom. The summed E-state index contributed by atoms with van der Waals surface area (Å²) in [5, 5.41) is 0.